The second-order valence-corrected chi connectivity index (χ2v) is 6.46. The van der Waals surface area contributed by atoms with Crippen LogP contribution in [-0.4, -0.2) is 44.7 Å². The molecule has 0 heterocycles. The zero-order chi connectivity index (χ0) is 18.5. The molecular weight excluding hydrogens is 443 g/mol. The predicted octanol–water partition coefficient (Wildman–Crippen LogP) is 2.54. The smallest absolute Gasteiger partial charge is 0.221 e. The van der Waals surface area contributed by atoms with Crippen molar-refractivity contribution in [3.8, 4) is 0 Å². The lowest BCUT2D eigenvalue weighted by atomic mass is 10.2. The number of carbonyl (C=O) groups excluding carboxylic acids is 1. The minimum Gasteiger partial charge on any atom is -0.376 e. The minimum atomic E-state index is 0. The van der Waals surface area contributed by atoms with E-state index < -0.39 is 0 Å². The maximum absolute atomic E-state index is 11.6. The van der Waals surface area contributed by atoms with Gasteiger partial charge in [0.05, 0.1) is 13.2 Å². The van der Waals surface area contributed by atoms with Crippen molar-refractivity contribution in [3.05, 3.63) is 35.9 Å². The number of ether oxygens (including phenoxy) is 1. The average Bonchev–Trinajstić information content (AvgIpc) is 2.58. The van der Waals surface area contributed by atoms with Crippen molar-refractivity contribution in [2.45, 2.75) is 39.8 Å². The lowest BCUT2D eigenvalue weighted by molar-refractivity contribution is -0.121. The second kappa shape index (κ2) is 14.8. The van der Waals surface area contributed by atoms with Gasteiger partial charge in [-0.2, -0.15) is 0 Å². The lowest BCUT2D eigenvalue weighted by Gasteiger charge is -2.16. The maximum atomic E-state index is 11.6. The summed E-state index contributed by atoms with van der Waals surface area (Å²) in [4.78, 5) is 15.8. The Kier molecular flexibility index (Phi) is 14.0. The second-order valence-electron chi connectivity index (χ2n) is 6.46. The SMILES string of the molecule is CN=C(NCCC(=O)NC(C)C)NCC(C)COCc1ccccc1.I. The number of aliphatic imine (C=N–C) groups is 1. The molecule has 1 aromatic carbocycles. The van der Waals surface area contributed by atoms with Crippen LogP contribution in [-0.2, 0) is 16.1 Å². The van der Waals surface area contributed by atoms with Gasteiger partial charge in [-0.15, -0.1) is 24.0 Å². The van der Waals surface area contributed by atoms with Crippen LogP contribution >= 0.6 is 24.0 Å². The third kappa shape index (κ3) is 12.1. The number of hydrogen-bond acceptors (Lipinski definition) is 3. The summed E-state index contributed by atoms with van der Waals surface area (Å²) in [7, 11) is 1.72. The molecule has 7 heteroatoms. The van der Waals surface area contributed by atoms with Gasteiger partial charge in [-0.25, -0.2) is 0 Å². The number of carbonyl (C=O) groups is 1. The van der Waals surface area contributed by atoms with E-state index in [9.17, 15) is 4.79 Å². The van der Waals surface area contributed by atoms with E-state index in [1.807, 2.05) is 32.0 Å². The molecule has 26 heavy (non-hydrogen) atoms. The number of nitrogens with one attached hydrogen (secondary N) is 3. The number of benzene rings is 1. The predicted molar refractivity (Wildman–Crippen MR) is 118 cm³/mol. The van der Waals surface area contributed by atoms with Crippen LogP contribution in [0.1, 0.15) is 32.8 Å². The minimum absolute atomic E-state index is 0. The molecule has 0 saturated heterocycles. The third-order valence-electron chi connectivity index (χ3n) is 3.45. The maximum Gasteiger partial charge on any atom is 0.221 e. The number of amides is 1. The third-order valence-corrected chi connectivity index (χ3v) is 3.45. The Bertz CT molecular complexity index is 524. The van der Waals surface area contributed by atoms with Crippen molar-refractivity contribution in [1.82, 2.24) is 16.0 Å². The van der Waals surface area contributed by atoms with Gasteiger partial charge in [-0.1, -0.05) is 37.3 Å². The molecular formula is C19H33IN4O2. The molecule has 1 amide bonds. The van der Waals surface area contributed by atoms with E-state index in [4.69, 9.17) is 4.74 Å². The molecule has 6 nitrogen and oxygen atoms in total. The van der Waals surface area contributed by atoms with Crippen molar-refractivity contribution in [2.24, 2.45) is 10.9 Å². The van der Waals surface area contributed by atoms with Crippen LogP contribution in [0.3, 0.4) is 0 Å². The van der Waals surface area contributed by atoms with Crippen LogP contribution in [0.15, 0.2) is 35.3 Å². The summed E-state index contributed by atoms with van der Waals surface area (Å²) < 4.78 is 5.74. The van der Waals surface area contributed by atoms with Gasteiger partial charge in [0.2, 0.25) is 5.91 Å². The normalized spacial score (nSPS) is 12.3. The fourth-order valence-corrected chi connectivity index (χ4v) is 2.19. The highest BCUT2D eigenvalue weighted by Crippen LogP contribution is 2.02. The van der Waals surface area contributed by atoms with E-state index in [1.54, 1.807) is 7.05 Å². The molecule has 0 fully saturated rings. The van der Waals surface area contributed by atoms with E-state index in [1.165, 1.54) is 5.56 Å². The summed E-state index contributed by atoms with van der Waals surface area (Å²) in [5.74, 6) is 1.10. The van der Waals surface area contributed by atoms with Crippen LogP contribution in [0.4, 0.5) is 0 Å². The van der Waals surface area contributed by atoms with Crippen molar-refractivity contribution in [1.29, 1.82) is 0 Å². The highest BCUT2D eigenvalue weighted by Gasteiger charge is 2.06. The van der Waals surface area contributed by atoms with Crippen molar-refractivity contribution in [3.63, 3.8) is 0 Å². The summed E-state index contributed by atoms with van der Waals surface area (Å²) in [5, 5.41) is 9.27. The molecule has 0 aromatic heterocycles. The van der Waals surface area contributed by atoms with Gasteiger partial charge in [0, 0.05) is 32.6 Å². The van der Waals surface area contributed by atoms with E-state index in [-0.39, 0.29) is 35.9 Å². The molecule has 0 aliphatic carbocycles. The molecule has 3 N–H and O–H groups in total. The number of guanidine groups is 1. The van der Waals surface area contributed by atoms with Crippen LogP contribution in [0.5, 0.6) is 0 Å². The summed E-state index contributed by atoms with van der Waals surface area (Å²) in [5.41, 5.74) is 1.18. The highest BCUT2D eigenvalue weighted by atomic mass is 127. The molecule has 0 aliphatic heterocycles. The number of hydrogen-bond donors (Lipinski definition) is 3. The van der Waals surface area contributed by atoms with Crippen LogP contribution in [0.2, 0.25) is 0 Å². The van der Waals surface area contributed by atoms with Crippen LogP contribution in [0.25, 0.3) is 0 Å². The molecule has 0 aliphatic rings. The fraction of sp³-hybridized carbons (Fsp3) is 0.579. The Hall–Kier alpha value is -1.35. The number of rotatable bonds is 10. The first-order chi connectivity index (χ1) is 12.0. The molecule has 0 radical (unpaired) electrons. The fourth-order valence-electron chi connectivity index (χ4n) is 2.19. The zero-order valence-electron chi connectivity index (χ0n) is 16.2. The van der Waals surface area contributed by atoms with Crippen molar-refractivity contribution < 1.29 is 9.53 Å². The van der Waals surface area contributed by atoms with Crippen molar-refractivity contribution >= 4 is 35.8 Å². The molecule has 0 saturated carbocycles. The van der Waals surface area contributed by atoms with E-state index in [0.29, 0.717) is 38.1 Å². The molecule has 1 rings (SSSR count). The molecule has 0 spiro atoms. The van der Waals surface area contributed by atoms with Gasteiger partial charge < -0.3 is 20.7 Å². The first-order valence-corrected chi connectivity index (χ1v) is 8.86. The Morgan fingerprint density at radius 2 is 1.85 bits per heavy atom. The van der Waals surface area contributed by atoms with Gasteiger partial charge in [-0.3, -0.25) is 9.79 Å². The van der Waals surface area contributed by atoms with Gasteiger partial charge >= 0.3 is 0 Å². The molecule has 148 valence electrons. The largest absolute Gasteiger partial charge is 0.376 e. The summed E-state index contributed by atoms with van der Waals surface area (Å²) in [6, 6.07) is 10.3. The van der Waals surface area contributed by atoms with E-state index in [2.05, 4.69) is 40.0 Å². The molecule has 1 unspecified atom stereocenters. The lowest BCUT2D eigenvalue weighted by Crippen LogP contribution is -2.42. The van der Waals surface area contributed by atoms with Crippen LogP contribution < -0.4 is 16.0 Å². The highest BCUT2D eigenvalue weighted by molar-refractivity contribution is 14.0. The summed E-state index contributed by atoms with van der Waals surface area (Å²) in [6.07, 6.45) is 0.425. The van der Waals surface area contributed by atoms with E-state index >= 15 is 0 Å². The number of nitrogens with zero attached hydrogens (tertiary/aromatic N) is 1. The Labute approximate surface area is 174 Å². The number of halogens is 1. The summed E-state index contributed by atoms with van der Waals surface area (Å²) in [6.45, 7) is 8.64. The zero-order valence-corrected chi connectivity index (χ0v) is 18.6. The Balaban J connectivity index is 0.00000625. The van der Waals surface area contributed by atoms with Gasteiger partial charge in [0.15, 0.2) is 5.96 Å². The van der Waals surface area contributed by atoms with E-state index in [0.717, 1.165) is 6.54 Å². The Morgan fingerprint density at radius 1 is 1.15 bits per heavy atom. The molecule has 0 bridgehead atoms. The standard InChI is InChI=1S/C19H32N4O2.HI/c1-15(2)23-18(24)10-11-21-19(20-4)22-12-16(3)13-25-14-17-8-6-5-7-9-17;/h5-9,15-16H,10-14H2,1-4H3,(H,23,24)(H2,20,21,22);1H. The monoisotopic (exact) mass is 476 g/mol. The van der Waals surface area contributed by atoms with Gasteiger partial charge in [0.25, 0.3) is 0 Å². The summed E-state index contributed by atoms with van der Waals surface area (Å²) >= 11 is 0. The average molecular weight is 476 g/mol. The van der Waals surface area contributed by atoms with Crippen molar-refractivity contribution in [2.75, 3.05) is 26.7 Å². The van der Waals surface area contributed by atoms with Crippen LogP contribution in [0, 0.1) is 5.92 Å². The topological polar surface area (TPSA) is 74.8 Å². The quantitative estimate of drug-likeness (QED) is 0.276. The van der Waals surface area contributed by atoms with Gasteiger partial charge in [-0.05, 0) is 25.3 Å². The first-order valence-electron chi connectivity index (χ1n) is 8.86. The Morgan fingerprint density at radius 3 is 2.46 bits per heavy atom. The molecule has 1 atom stereocenters. The van der Waals surface area contributed by atoms with Gasteiger partial charge in [0.1, 0.15) is 0 Å². The molecule has 1 aromatic rings. The first kappa shape index (κ1) is 24.7.